The van der Waals surface area contributed by atoms with Crippen LogP contribution in [-0.4, -0.2) is 4.98 Å². The number of nitrogens with two attached hydrogens (primary N) is 1. The number of hydrogen-bond donors (Lipinski definition) is 2. The van der Waals surface area contributed by atoms with Crippen molar-refractivity contribution in [1.82, 2.24) is 4.98 Å². The SMILES string of the molecule is NC1=Cc2ccc(=O)[nH]c2CC1. The van der Waals surface area contributed by atoms with Gasteiger partial charge in [0.25, 0.3) is 0 Å². The summed E-state index contributed by atoms with van der Waals surface area (Å²) in [5.41, 5.74) is 8.54. The Morgan fingerprint density at radius 3 is 3.00 bits per heavy atom. The van der Waals surface area contributed by atoms with E-state index in [1.807, 2.05) is 6.08 Å². The molecule has 0 saturated carbocycles. The maximum absolute atomic E-state index is 10.9. The van der Waals surface area contributed by atoms with Gasteiger partial charge in [0.1, 0.15) is 0 Å². The second-order valence-electron chi connectivity index (χ2n) is 2.98. The number of fused-ring (bicyclic) bond motifs is 1. The molecule has 0 saturated heterocycles. The molecule has 0 atom stereocenters. The summed E-state index contributed by atoms with van der Waals surface area (Å²) in [6, 6.07) is 3.33. The van der Waals surface area contributed by atoms with Gasteiger partial charge in [0, 0.05) is 17.5 Å². The molecule has 1 aromatic heterocycles. The normalized spacial score (nSPS) is 15.2. The fraction of sp³-hybridized carbons (Fsp3) is 0.222. The zero-order chi connectivity index (χ0) is 8.55. The number of nitrogens with one attached hydrogen (secondary N) is 1. The Morgan fingerprint density at radius 2 is 2.17 bits per heavy atom. The zero-order valence-electron chi connectivity index (χ0n) is 6.63. The van der Waals surface area contributed by atoms with Gasteiger partial charge in [-0.2, -0.15) is 0 Å². The second-order valence-corrected chi connectivity index (χ2v) is 2.98. The molecule has 0 radical (unpaired) electrons. The molecule has 3 heteroatoms. The molecule has 0 aromatic carbocycles. The average molecular weight is 162 g/mol. The Balaban J connectivity index is 2.58. The fourth-order valence-electron chi connectivity index (χ4n) is 1.41. The van der Waals surface area contributed by atoms with Crippen molar-refractivity contribution in [2.24, 2.45) is 5.73 Å². The number of hydrogen-bond acceptors (Lipinski definition) is 2. The summed E-state index contributed by atoms with van der Waals surface area (Å²) in [5, 5.41) is 0. The molecule has 12 heavy (non-hydrogen) atoms. The van der Waals surface area contributed by atoms with E-state index in [0.29, 0.717) is 0 Å². The van der Waals surface area contributed by atoms with Crippen molar-refractivity contribution in [1.29, 1.82) is 0 Å². The molecule has 0 bridgehead atoms. The summed E-state index contributed by atoms with van der Waals surface area (Å²) in [5.74, 6) is 0. The number of aromatic nitrogens is 1. The Labute approximate surface area is 69.9 Å². The van der Waals surface area contributed by atoms with E-state index in [4.69, 9.17) is 5.73 Å². The van der Waals surface area contributed by atoms with Gasteiger partial charge in [-0.15, -0.1) is 0 Å². The van der Waals surface area contributed by atoms with Gasteiger partial charge >= 0.3 is 0 Å². The Hall–Kier alpha value is -1.51. The molecule has 1 aliphatic rings. The predicted molar refractivity (Wildman–Crippen MR) is 47.5 cm³/mol. The Kier molecular flexibility index (Phi) is 1.50. The Bertz CT molecular complexity index is 390. The van der Waals surface area contributed by atoms with E-state index in [2.05, 4.69) is 4.98 Å². The summed E-state index contributed by atoms with van der Waals surface area (Å²) in [6.45, 7) is 0. The van der Waals surface area contributed by atoms with Crippen LogP contribution in [0.5, 0.6) is 0 Å². The first-order valence-corrected chi connectivity index (χ1v) is 3.94. The summed E-state index contributed by atoms with van der Waals surface area (Å²) < 4.78 is 0. The lowest BCUT2D eigenvalue weighted by atomic mass is 10.0. The van der Waals surface area contributed by atoms with Crippen LogP contribution in [0.15, 0.2) is 22.6 Å². The summed E-state index contributed by atoms with van der Waals surface area (Å²) in [4.78, 5) is 13.7. The van der Waals surface area contributed by atoms with Crippen LogP contribution >= 0.6 is 0 Å². The molecule has 3 nitrogen and oxygen atoms in total. The van der Waals surface area contributed by atoms with E-state index in [0.717, 1.165) is 29.8 Å². The number of allylic oxidation sites excluding steroid dienone is 1. The van der Waals surface area contributed by atoms with Crippen LogP contribution in [0.25, 0.3) is 6.08 Å². The molecular formula is C9H10N2O. The van der Waals surface area contributed by atoms with E-state index in [1.165, 1.54) is 6.07 Å². The molecule has 0 spiro atoms. The van der Waals surface area contributed by atoms with E-state index in [1.54, 1.807) is 6.07 Å². The maximum Gasteiger partial charge on any atom is 0.248 e. The Morgan fingerprint density at radius 1 is 1.33 bits per heavy atom. The summed E-state index contributed by atoms with van der Waals surface area (Å²) in [7, 11) is 0. The average Bonchev–Trinajstić information content (AvgIpc) is 2.05. The highest BCUT2D eigenvalue weighted by molar-refractivity contribution is 5.56. The van der Waals surface area contributed by atoms with Gasteiger partial charge < -0.3 is 10.7 Å². The van der Waals surface area contributed by atoms with Crippen LogP contribution in [0, 0.1) is 0 Å². The standard InChI is InChI=1S/C9H10N2O/c10-7-2-3-8-6(5-7)1-4-9(12)11-8/h1,4-5H,2-3,10H2,(H,11,12). The second kappa shape index (κ2) is 2.52. The minimum absolute atomic E-state index is 0.0392. The van der Waals surface area contributed by atoms with Gasteiger partial charge in [0.05, 0.1) is 0 Å². The van der Waals surface area contributed by atoms with Crippen molar-refractivity contribution in [2.75, 3.05) is 0 Å². The molecule has 3 N–H and O–H groups in total. The molecule has 0 amide bonds. The molecule has 1 aliphatic carbocycles. The molecule has 0 unspecified atom stereocenters. The predicted octanol–water partition coefficient (Wildman–Crippen LogP) is 0.621. The van der Waals surface area contributed by atoms with Gasteiger partial charge in [0.15, 0.2) is 0 Å². The zero-order valence-corrected chi connectivity index (χ0v) is 6.63. The smallest absolute Gasteiger partial charge is 0.248 e. The van der Waals surface area contributed by atoms with Crippen molar-refractivity contribution < 1.29 is 0 Å². The molecule has 1 aromatic rings. The minimum atomic E-state index is -0.0392. The largest absolute Gasteiger partial charge is 0.402 e. The molecule has 0 fully saturated rings. The van der Waals surface area contributed by atoms with Gasteiger partial charge in [-0.25, -0.2) is 0 Å². The molecule has 1 heterocycles. The lowest BCUT2D eigenvalue weighted by Crippen LogP contribution is -2.13. The minimum Gasteiger partial charge on any atom is -0.402 e. The van der Waals surface area contributed by atoms with Crippen LogP contribution in [0.3, 0.4) is 0 Å². The van der Waals surface area contributed by atoms with Gasteiger partial charge in [0.2, 0.25) is 5.56 Å². The van der Waals surface area contributed by atoms with Crippen LogP contribution in [0.4, 0.5) is 0 Å². The van der Waals surface area contributed by atoms with Gasteiger partial charge in [-0.05, 0) is 30.5 Å². The van der Waals surface area contributed by atoms with Crippen LogP contribution in [0.2, 0.25) is 0 Å². The number of H-pyrrole nitrogens is 1. The molecule has 2 rings (SSSR count). The first kappa shape index (κ1) is 7.16. The lowest BCUT2D eigenvalue weighted by molar-refractivity contribution is 0.866. The first-order valence-electron chi connectivity index (χ1n) is 3.94. The van der Waals surface area contributed by atoms with E-state index in [-0.39, 0.29) is 5.56 Å². The first-order chi connectivity index (χ1) is 5.75. The quantitative estimate of drug-likeness (QED) is 0.587. The third kappa shape index (κ3) is 1.13. The fourth-order valence-corrected chi connectivity index (χ4v) is 1.41. The van der Waals surface area contributed by atoms with Crippen molar-refractivity contribution in [2.45, 2.75) is 12.8 Å². The van der Waals surface area contributed by atoms with E-state index in [9.17, 15) is 4.79 Å². The third-order valence-corrected chi connectivity index (χ3v) is 2.04. The van der Waals surface area contributed by atoms with E-state index >= 15 is 0 Å². The van der Waals surface area contributed by atoms with Crippen LogP contribution < -0.4 is 11.3 Å². The highest BCUT2D eigenvalue weighted by Gasteiger charge is 2.07. The number of aryl methyl sites for hydroxylation is 1. The summed E-state index contributed by atoms with van der Waals surface area (Å²) in [6.07, 6.45) is 3.59. The van der Waals surface area contributed by atoms with Gasteiger partial charge in [-0.3, -0.25) is 4.79 Å². The summed E-state index contributed by atoms with van der Waals surface area (Å²) >= 11 is 0. The highest BCUT2D eigenvalue weighted by atomic mass is 16.1. The number of rotatable bonds is 0. The van der Waals surface area contributed by atoms with Crippen LogP contribution in [0.1, 0.15) is 17.7 Å². The molecular weight excluding hydrogens is 152 g/mol. The molecule has 0 aliphatic heterocycles. The monoisotopic (exact) mass is 162 g/mol. The van der Waals surface area contributed by atoms with Crippen LogP contribution in [-0.2, 0) is 6.42 Å². The van der Waals surface area contributed by atoms with Crippen molar-refractivity contribution in [3.8, 4) is 0 Å². The molecule has 62 valence electrons. The number of pyridine rings is 1. The third-order valence-electron chi connectivity index (χ3n) is 2.04. The van der Waals surface area contributed by atoms with Crippen molar-refractivity contribution >= 4 is 6.08 Å². The van der Waals surface area contributed by atoms with E-state index < -0.39 is 0 Å². The van der Waals surface area contributed by atoms with Gasteiger partial charge in [-0.1, -0.05) is 0 Å². The number of aromatic amines is 1. The maximum atomic E-state index is 10.9. The lowest BCUT2D eigenvalue weighted by Gasteiger charge is -2.12. The van der Waals surface area contributed by atoms with Crippen molar-refractivity contribution in [3.05, 3.63) is 39.4 Å². The topological polar surface area (TPSA) is 58.9 Å². The highest BCUT2D eigenvalue weighted by Crippen LogP contribution is 2.17. The van der Waals surface area contributed by atoms with Crippen molar-refractivity contribution in [3.63, 3.8) is 0 Å².